The van der Waals surface area contributed by atoms with Crippen LogP contribution in [0.25, 0.3) is 0 Å². The minimum Gasteiger partial charge on any atom is -0.468 e. The molecule has 90 valence electrons. The lowest BCUT2D eigenvalue weighted by Gasteiger charge is -2.14. The molecule has 1 aliphatic carbocycles. The molecule has 2 rings (SSSR count). The summed E-state index contributed by atoms with van der Waals surface area (Å²) in [6.45, 7) is 0. The number of ether oxygens (including phenoxy) is 1. The van der Waals surface area contributed by atoms with Gasteiger partial charge in [0.2, 0.25) is 0 Å². The first-order chi connectivity index (χ1) is 8.01. The van der Waals surface area contributed by atoms with Gasteiger partial charge >= 0.3 is 13.1 Å². The molecule has 0 amide bonds. The molecule has 2 N–H and O–H groups in total. The van der Waals surface area contributed by atoms with Gasteiger partial charge in [0.1, 0.15) is 5.82 Å². The molecule has 1 aromatic rings. The van der Waals surface area contributed by atoms with E-state index in [0.29, 0.717) is 18.4 Å². The van der Waals surface area contributed by atoms with Crippen LogP contribution in [-0.2, 0) is 14.9 Å². The van der Waals surface area contributed by atoms with Gasteiger partial charge in [-0.3, -0.25) is 4.79 Å². The summed E-state index contributed by atoms with van der Waals surface area (Å²) in [6, 6.07) is 3.97. The average Bonchev–Trinajstić information content (AvgIpc) is 3.08. The van der Waals surface area contributed by atoms with Crippen LogP contribution in [0, 0.1) is 5.82 Å². The van der Waals surface area contributed by atoms with Crippen LogP contribution in [0.2, 0.25) is 0 Å². The van der Waals surface area contributed by atoms with E-state index in [1.807, 2.05) is 0 Å². The van der Waals surface area contributed by atoms with Gasteiger partial charge in [0.25, 0.3) is 0 Å². The topological polar surface area (TPSA) is 66.8 Å². The van der Waals surface area contributed by atoms with E-state index < -0.39 is 18.4 Å². The Balaban J connectivity index is 2.36. The second-order valence-corrected chi connectivity index (χ2v) is 4.18. The number of halogens is 1. The monoisotopic (exact) mass is 238 g/mol. The molecule has 0 unspecified atom stereocenters. The Morgan fingerprint density at radius 1 is 1.47 bits per heavy atom. The molecule has 0 aromatic heterocycles. The third-order valence-corrected chi connectivity index (χ3v) is 3.16. The zero-order chi connectivity index (χ0) is 12.6. The van der Waals surface area contributed by atoms with Gasteiger partial charge < -0.3 is 14.8 Å². The van der Waals surface area contributed by atoms with Gasteiger partial charge in [-0.1, -0.05) is 12.1 Å². The molecule has 0 bridgehead atoms. The zero-order valence-corrected chi connectivity index (χ0v) is 9.31. The lowest BCUT2D eigenvalue weighted by atomic mass is 9.78. The quantitative estimate of drug-likeness (QED) is 0.561. The van der Waals surface area contributed by atoms with Crippen molar-refractivity contribution in [3.8, 4) is 0 Å². The highest BCUT2D eigenvalue weighted by atomic mass is 19.1. The summed E-state index contributed by atoms with van der Waals surface area (Å²) in [5, 5.41) is 17.8. The van der Waals surface area contributed by atoms with Crippen LogP contribution < -0.4 is 5.46 Å². The van der Waals surface area contributed by atoms with Gasteiger partial charge in [-0.15, -0.1) is 0 Å². The molecule has 0 spiro atoms. The Kier molecular flexibility index (Phi) is 2.93. The third kappa shape index (κ3) is 1.94. The lowest BCUT2D eigenvalue weighted by molar-refractivity contribution is -0.143. The van der Waals surface area contributed by atoms with Gasteiger partial charge in [-0.2, -0.15) is 0 Å². The van der Waals surface area contributed by atoms with Crippen molar-refractivity contribution < 1.29 is 24.0 Å². The van der Waals surface area contributed by atoms with Crippen molar-refractivity contribution in [3.05, 3.63) is 29.6 Å². The summed E-state index contributed by atoms with van der Waals surface area (Å²) in [7, 11) is -0.553. The summed E-state index contributed by atoms with van der Waals surface area (Å²) in [5.74, 6) is -1.11. The molecule has 1 saturated carbocycles. The van der Waals surface area contributed by atoms with E-state index in [-0.39, 0.29) is 11.4 Å². The van der Waals surface area contributed by atoms with Gasteiger partial charge in [-0.25, -0.2) is 4.39 Å². The molecular weight excluding hydrogens is 226 g/mol. The van der Waals surface area contributed by atoms with Crippen LogP contribution in [0.3, 0.4) is 0 Å². The number of esters is 1. The van der Waals surface area contributed by atoms with Crippen LogP contribution in [-0.4, -0.2) is 30.2 Å². The Morgan fingerprint density at radius 2 is 2.12 bits per heavy atom. The molecular formula is C11H12BFO4. The number of hydrogen-bond acceptors (Lipinski definition) is 4. The summed E-state index contributed by atoms with van der Waals surface area (Å²) in [6.07, 6.45) is 1.25. The highest BCUT2D eigenvalue weighted by molar-refractivity contribution is 6.58. The SMILES string of the molecule is COC(=O)C1(c2ccc(B(O)O)c(F)c2)CC1. The molecule has 0 saturated heterocycles. The minimum atomic E-state index is -1.85. The van der Waals surface area contributed by atoms with Gasteiger partial charge in [0, 0.05) is 5.46 Å². The maximum absolute atomic E-state index is 13.6. The maximum Gasteiger partial charge on any atom is 0.491 e. The Labute approximate surface area is 98.2 Å². The normalized spacial score (nSPS) is 16.5. The van der Waals surface area contributed by atoms with E-state index in [1.54, 1.807) is 0 Å². The Hall–Kier alpha value is -1.40. The average molecular weight is 238 g/mol. The molecule has 1 aromatic carbocycles. The number of carbonyl (C=O) groups is 1. The fourth-order valence-electron chi connectivity index (χ4n) is 1.97. The van der Waals surface area contributed by atoms with Crippen molar-refractivity contribution in [1.82, 2.24) is 0 Å². The van der Waals surface area contributed by atoms with Crippen molar-refractivity contribution in [2.75, 3.05) is 7.11 Å². The molecule has 0 heterocycles. The summed E-state index contributed by atoms with van der Waals surface area (Å²) in [5.41, 5.74) is -0.421. The van der Waals surface area contributed by atoms with E-state index in [9.17, 15) is 9.18 Å². The molecule has 1 fully saturated rings. The minimum absolute atomic E-state index is 0.200. The van der Waals surface area contributed by atoms with Crippen molar-refractivity contribution in [3.63, 3.8) is 0 Å². The molecule has 4 nitrogen and oxygen atoms in total. The fourth-order valence-corrected chi connectivity index (χ4v) is 1.97. The largest absolute Gasteiger partial charge is 0.491 e. The lowest BCUT2D eigenvalue weighted by Crippen LogP contribution is -2.33. The molecule has 6 heteroatoms. The molecule has 17 heavy (non-hydrogen) atoms. The number of rotatable bonds is 3. The smallest absolute Gasteiger partial charge is 0.468 e. The van der Waals surface area contributed by atoms with E-state index in [1.165, 1.54) is 25.3 Å². The summed E-state index contributed by atoms with van der Waals surface area (Å²) in [4.78, 5) is 11.6. The summed E-state index contributed by atoms with van der Waals surface area (Å²) >= 11 is 0. The molecule has 0 atom stereocenters. The molecule has 0 aliphatic heterocycles. The van der Waals surface area contributed by atoms with Gasteiger partial charge in [0.05, 0.1) is 12.5 Å². The van der Waals surface area contributed by atoms with E-state index in [4.69, 9.17) is 10.0 Å². The second kappa shape index (κ2) is 4.12. The predicted molar refractivity (Wildman–Crippen MR) is 59.2 cm³/mol. The summed E-state index contributed by atoms with van der Waals surface area (Å²) < 4.78 is 18.2. The van der Waals surface area contributed by atoms with Gasteiger partial charge in [0.15, 0.2) is 0 Å². The predicted octanol–water partition coefficient (Wildman–Crippen LogP) is -0.290. The number of carbonyl (C=O) groups excluding carboxylic acids is 1. The Bertz CT molecular complexity index is 457. The van der Waals surface area contributed by atoms with Crippen LogP contribution >= 0.6 is 0 Å². The van der Waals surface area contributed by atoms with Crippen molar-refractivity contribution in [2.24, 2.45) is 0 Å². The second-order valence-electron chi connectivity index (χ2n) is 4.18. The first-order valence-corrected chi connectivity index (χ1v) is 5.26. The van der Waals surface area contributed by atoms with E-state index in [0.717, 1.165) is 0 Å². The first kappa shape index (κ1) is 12.1. The van der Waals surface area contributed by atoms with Crippen LogP contribution in [0.1, 0.15) is 18.4 Å². The van der Waals surface area contributed by atoms with Crippen molar-refractivity contribution in [2.45, 2.75) is 18.3 Å². The number of hydrogen-bond donors (Lipinski definition) is 2. The fraction of sp³-hybridized carbons (Fsp3) is 0.364. The molecule has 1 aliphatic rings. The zero-order valence-electron chi connectivity index (χ0n) is 9.31. The first-order valence-electron chi connectivity index (χ1n) is 5.26. The highest BCUT2D eigenvalue weighted by Gasteiger charge is 2.52. The van der Waals surface area contributed by atoms with Crippen molar-refractivity contribution >= 4 is 18.6 Å². The number of benzene rings is 1. The van der Waals surface area contributed by atoms with Crippen LogP contribution in [0.4, 0.5) is 4.39 Å². The van der Waals surface area contributed by atoms with Crippen LogP contribution in [0.15, 0.2) is 18.2 Å². The standard InChI is InChI=1S/C11H12BFO4/c1-17-10(14)11(4-5-11)7-2-3-8(12(15)16)9(13)6-7/h2-3,6,15-16H,4-5H2,1H3. The third-order valence-electron chi connectivity index (χ3n) is 3.16. The van der Waals surface area contributed by atoms with Crippen molar-refractivity contribution in [1.29, 1.82) is 0 Å². The van der Waals surface area contributed by atoms with Gasteiger partial charge in [-0.05, 0) is 24.5 Å². The maximum atomic E-state index is 13.6. The number of methoxy groups -OCH3 is 1. The molecule has 0 radical (unpaired) electrons. The van der Waals surface area contributed by atoms with Crippen LogP contribution in [0.5, 0.6) is 0 Å². The van der Waals surface area contributed by atoms with E-state index >= 15 is 0 Å². The van der Waals surface area contributed by atoms with E-state index in [2.05, 4.69) is 4.74 Å². The Morgan fingerprint density at radius 3 is 2.53 bits per heavy atom. The highest BCUT2D eigenvalue weighted by Crippen LogP contribution is 2.49.